The molecule has 8 nitrogen and oxygen atoms in total. The Bertz CT molecular complexity index is 821. The Balaban J connectivity index is 1.17. The predicted molar refractivity (Wildman–Crippen MR) is 127 cm³/mol. The van der Waals surface area contributed by atoms with E-state index >= 15 is 0 Å². The van der Waals surface area contributed by atoms with Crippen molar-refractivity contribution in [2.45, 2.75) is 69.5 Å². The fourth-order valence-electron chi connectivity index (χ4n) is 6.02. The van der Waals surface area contributed by atoms with Gasteiger partial charge < -0.3 is 28.6 Å². The van der Waals surface area contributed by atoms with Crippen LogP contribution in [0.4, 0.5) is 4.79 Å². The summed E-state index contributed by atoms with van der Waals surface area (Å²) in [6, 6.07) is 0. The molecule has 0 radical (unpaired) electrons. The molecule has 0 aromatic rings. The molecule has 4 heterocycles. The zero-order valence-corrected chi connectivity index (χ0v) is 21.1. The van der Waals surface area contributed by atoms with Gasteiger partial charge in [0, 0.05) is 39.8 Å². The van der Waals surface area contributed by atoms with Crippen molar-refractivity contribution in [3.63, 3.8) is 0 Å². The fraction of sp³-hybridized carbons (Fsp3) is 0.808. The first kappa shape index (κ1) is 24.3. The zero-order valence-electron chi connectivity index (χ0n) is 21.1. The summed E-state index contributed by atoms with van der Waals surface area (Å²) in [4.78, 5) is 17.1. The Labute approximate surface area is 203 Å². The molecule has 4 unspecified atom stereocenters. The minimum absolute atomic E-state index is 0.0486. The first-order valence-corrected chi connectivity index (χ1v) is 12.8. The molecule has 8 heteroatoms. The van der Waals surface area contributed by atoms with E-state index in [0.717, 1.165) is 58.7 Å². The number of morpholine rings is 1. The van der Waals surface area contributed by atoms with E-state index in [2.05, 4.69) is 37.8 Å². The van der Waals surface area contributed by atoms with Gasteiger partial charge in [0.15, 0.2) is 0 Å². The van der Waals surface area contributed by atoms with Crippen LogP contribution in [-0.4, -0.2) is 105 Å². The van der Waals surface area contributed by atoms with Crippen molar-refractivity contribution in [1.29, 1.82) is 0 Å². The predicted octanol–water partition coefficient (Wildman–Crippen LogP) is 2.77. The van der Waals surface area contributed by atoms with Crippen molar-refractivity contribution in [1.82, 2.24) is 9.80 Å². The molecule has 1 saturated carbocycles. The Morgan fingerprint density at radius 1 is 1.24 bits per heavy atom. The number of likely N-dealkylation sites (tertiary alicyclic amines) is 1. The summed E-state index contributed by atoms with van der Waals surface area (Å²) in [6.07, 6.45) is 6.36. The van der Waals surface area contributed by atoms with Crippen LogP contribution in [0.2, 0.25) is 0 Å². The Morgan fingerprint density at radius 3 is 2.62 bits per heavy atom. The smallest absolute Gasteiger partial charge is 0.410 e. The van der Waals surface area contributed by atoms with Crippen LogP contribution in [0, 0.1) is 5.92 Å². The number of allylic oxidation sites excluding steroid dienone is 1. The van der Waals surface area contributed by atoms with Crippen molar-refractivity contribution in [3.05, 3.63) is 23.3 Å². The monoisotopic (exact) mass is 476 g/mol. The molecule has 0 bridgehead atoms. The lowest BCUT2D eigenvalue weighted by atomic mass is 9.68. The molecule has 1 spiro atoms. The maximum atomic E-state index is 12.9. The van der Waals surface area contributed by atoms with Gasteiger partial charge in [-0.3, -0.25) is 4.90 Å². The van der Waals surface area contributed by atoms with Crippen LogP contribution in [-0.2, 0) is 23.7 Å². The molecule has 1 aliphatic carbocycles. The maximum Gasteiger partial charge on any atom is 0.410 e. The maximum absolute atomic E-state index is 12.9. The molecule has 0 aromatic heterocycles. The van der Waals surface area contributed by atoms with Gasteiger partial charge in [-0.15, -0.1) is 0 Å². The van der Waals surface area contributed by atoms with Gasteiger partial charge in [0.2, 0.25) is 0 Å². The summed E-state index contributed by atoms with van der Waals surface area (Å²) in [5.41, 5.74) is 2.06. The molecule has 0 aromatic carbocycles. The molecule has 190 valence electrons. The van der Waals surface area contributed by atoms with Crippen molar-refractivity contribution in [2.24, 2.45) is 5.92 Å². The molecule has 4 saturated heterocycles. The first-order chi connectivity index (χ1) is 16.3. The second kappa shape index (κ2) is 9.54. The number of ether oxygens (including phenoxy) is 5. The highest BCUT2D eigenvalue weighted by atomic mass is 16.6. The molecule has 4 aliphatic heterocycles. The number of carbonyl (C=O) groups is 1. The second-order valence-electron chi connectivity index (χ2n) is 10.9. The highest BCUT2D eigenvalue weighted by molar-refractivity contribution is 5.70. The van der Waals surface area contributed by atoms with Crippen LogP contribution in [0.25, 0.3) is 0 Å². The van der Waals surface area contributed by atoms with Crippen molar-refractivity contribution >= 4 is 6.09 Å². The van der Waals surface area contributed by atoms with Gasteiger partial charge in [0.1, 0.15) is 23.4 Å². The minimum atomic E-state index is -0.319. The van der Waals surface area contributed by atoms with Crippen LogP contribution >= 0.6 is 0 Å². The Kier molecular flexibility index (Phi) is 6.81. The highest BCUT2D eigenvalue weighted by Crippen LogP contribution is 2.59. The molecule has 34 heavy (non-hydrogen) atoms. The number of methoxy groups -OCH3 is 1. The van der Waals surface area contributed by atoms with E-state index in [0.29, 0.717) is 13.1 Å². The number of rotatable bonds is 7. The standard InChI is InChI=1S/C26H40N2O6/c1-18(2)5-6-21-25(3,34-21)23-22(30-4)20(7-9-26(23)17-32-26)33-24(29)28-15-19(16-28)8-10-27-11-13-31-14-12-27/h5,8,20-23H,6-7,9-17H2,1-4H3/t20?,21-,22?,23?,25+,26?/m1/s1. The SMILES string of the molecule is COC1C(OC(=O)N2CC(=CCN3CCOCC3)C2)CCC2(CO2)C1[C@@]1(C)O[C@@H]1CC=C(C)C. The number of epoxide rings is 2. The average Bonchev–Trinajstić information content (AvgIpc) is 3.70. The normalized spacial score (nSPS) is 39.4. The lowest BCUT2D eigenvalue weighted by molar-refractivity contribution is -0.122. The van der Waals surface area contributed by atoms with Gasteiger partial charge in [-0.25, -0.2) is 4.79 Å². The van der Waals surface area contributed by atoms with E-state index in [1.54, 1.807) is 12.0 Å². The van der Waals surface area contributed by atoms with Gasteiger partial charge in [-0.05, 0) is 45.6 Å². The molecular formula is C26H40N2O6. The number of nitrogens with zero attached hydrogens (tertiary/aromatic N) is 2. The fourth-order valence-corrected chi connectivity index (χ4v) is 6.02. The highest BCUT2D eigenvalue weighted by Gasteiger charge is 2.72. The molecule has 5 rings (SSSR count). The Hall–Kier alpha value is -1.45. The van der Waals surface area contributed by atoms with Crippen LogP contribution < -0.4 is 0 Å². The van der Waals surface area contributed by atoms with Gasteiger partial charge >= 0.3 is 6.09 Å². The summed E-state index contributed by atoms with van der Waals surface area (Å²) in [7, 11) is 1.72. The quantitative estimate of drug-likeness (QED) is 0.413. The van der Waals surface area contributed by atoms with E-state index in [9.17, 15) is 4.79 Å². The van der Waals surface area contributed by atoms with Crippen LogP contribution in [0.5, 0.6) is 0 Å². The second-order valence-corrected chi connectivity index (χ2v) is 10.9. The summed E-state index contributed by atoms with van der Waals surface area (Å²) in [5, 5.41) is 0. The van der Waals surface area contributed by atoms with Gasteiger partial charge in [0.25, 0.3) is 0 Å². The van der Waals surface area contributed by atoms with Crippen LogP contribution in [0.1, 0.15) is 40.0 Å². The molecule has 0 N–H and O–H groups in total. The third-order valence-corrected chi connectivity index (χ3v) is 8.28. The van der Waals surface area contributed by atoms with Gasteiger partial charge in [-0.1, -0.05) is 17.7 Å². The number of carbonyl (C=O) groups excluding carboxylic acids is 1. The van der Waals surface area contributed by atoms with Crippen LogP contribution in [0.15, 0.2) is 23.3 Å². The largest absolute Gasteiger partial charge is 0.443 e. The lowest BCUT2D eigenvalue weighted by Gasteiger charge is -2.43. The van der Waals surface area contributed by atoms with Gasteiger partial charge in [-0.2, -0.15) is 0 Å². The molecule has 5 aliphatic rings. The molecular weight excluding hydrogens is 436 g/mol. The lowest BCUT2D eigenvalue weighted by Crippen LogP contribution is -2.57. The zero-order chi connectivity index (χ0) is 23.9. The van der Waals surface area contributed by atoms with E-state index in [1.165, 1.54) is 11.1 Å². The summed E-state index contributed by atoms with van der Waals surface area (Å²) >= 11 is 0. The van der Waals surface area contributed by atoms with Crippen molar-refractivity contribution in [2.75, 3.05) is 59.7 Å². The summed E-state index contributed by atoms with van der Waals surface area (Å²) in [5.74, 6) is 0.0486. The van der Waals surface area contributed by atoms with Crippen molar-refractivity contribution in [3.8, 4) is 0 Å². The molecule has 5 fully saturated rings. The average molecular weight is 477 g/mol. The third kappa shape index (κ3) is 4.80. The Morgan fingerprint density at radius 2 is 1.97 bits per heavy atom. The van der Waals surface area contributed by atoms with E-state index in [-0.39, 0.29) is 41.5 Å². The number of amides is 1. The number of hydrogen-bond donors (Lipinski definition) is 0. The summed E-state index contributed by atoms with van der Waals surface area (Å²) in [6.45, 7) is 12.9. The topological polar surface area (TPSA) is 76.3 Å². The van der Waals surface area contributed by atoms with Crippen molar-refractivity contribution < 1.29 is 28.5 Å². The van der Waals surface area contributed by atoms with Crippen LogP contribution in [0.3, 0.4) is 0 Å². The van der Waals surface area contributed by atoms with Gasteiger partial charge in [0.05, 0.1) is 31.8 Å². The van der Waals surface area contributed by atoms with E-state index in [4.69, 9.17) is 23.7 Å². The molecule has 1 amide bonds. The third-order valence-electron chi connectivity index (χ3n) is 8.28. The minimum Gasteiger partial charge on any atom is -0.443 e. The molecule has 6 atom stereocenters. The number of hydrogen-bond acceptors (Lipinski definition) is 7. The van der Waals surface area contributed by atoms with E-state index < -0.39 is 0 Å². The van der Waals surface area contributed by atoms with E-state index in [1.807, 2.05) is 0 Å². The first-order valence-electron chi connectivity index (χ1n) is 12.8. The summed E-state index contributed by atoms with van der Waals surface area (Å²) < 4.78 is 29.7.